The van der Waals surface area contributed by atoms with Crippen molar-refractivity contribution < 1.29 is 4.21 Å². The molecule has 2 nitrogen and oxygen atoms in total. The predicted molar refractivity (Wildman–Crippen MR) is 71.4 cm³/mol. The van der Waals surface area contributed by atoms with E-state index in [2.05, 4.69) is 29.8 Å². The van der Waals surface area contributed by atoms with Crippen LogP contribution < -0.4 is 5.32 Å². The van der Waals surface area contributed by atoms with E-state index in [0.717, 1.165) is 30.8 Å². The molecule has 0 aromatic carbocycles. The number of thiophene rings is 1. The van der Waals surface area contributed by atoms with Crippen LogP contribution in [0.25, 0.3) is 0 Å². The molecule has 2 rings (SSSR count). The summed E-state index contributed by atoms with van der Waals surface area (Å²) in [7, 11) is -0.552. The summed E-state index contributed by atoms with van der Waals surface area (Å²) < 4.78 is 11.3. The van der Waals surface area contributed by atoms with Crippen molar-refractivity contribution in [3.8, 4) is 0 Å². The van der Waals surface area contributed by atoms with Crippen molar-refractivity contribution >= 4 is 22.1 Å². The van der Waals surface area contributed by atoms with Gasteiger partial charge in [0.1, 0.15) is 0 Å². The molecule has 1 N–H and O–H groups in total. The first-order chi connectivity index (χ1) is 7.79. The van der Waals surface area contributed by atoms with Gasteiger partial charge in [-0.3, -0.25) is 4.21 Å². The van der Waals surface area contributed by atoms with E-state index in [9.17, 15) is 4.21 Å². The zero-order valence-electron chi connectivity index (χ0n) is 9.65. The molecule has 0 radical (unpaired) electrons. The van der Waals surface area contributed by atoms with Crippen LogP contribution in [-0.4, -0.2) is 21.8 Å². The molecule has 90 valence electrons. The fourth-order valence-corrected chi connectivity index (χ4v) is 4.31. The summed E-state index contributed by atoms with van der Waals surface area (Å²) in [5.41, 5.74) is 0. The lowest BCUT2D eigenvalue weighted by Gasteiger charge is -2.27. The van der Waals surface area contributed by atoms with Crippen LogP contribution in [0.5, 0.6) is 0 Å². The molecule has 0 aliphatic carbocycles. The molecule has 1 fully saturated rings. The Morgan fingerprint density at radius 2 is 2.31 bits per heavy atom. The molecule has 0 saturated carbocycles. The molecule has 16 heavy (non-hydrogen) atoms. The van der Waals surface area contributed by atoms with Crippen molar-refractivity contribution in [2.24, 2.45) is 0 Å². The molecule has 1 aromatic heterocycles. The maximum Gasteiger partial charge on any atom is 0.0414 e. The van der Waals surface area contributed by atoms with Crippen LogP contribution in [0.15, 0.2) is 17.5 Å². The SMILES string of the molecule is CCC(NC1CCS(=O)CC1)c1cccs1. The second-order valence-corrected chi connectivity index (χ2v) is 6.94. The van der Waals surface area contributed by atoms with Crippen LogP contribution in [0.4, 0.5) is 0 Å². The Bertz CT molecular complexity index is 327. The van der Waals surface area contributed by atoms with Gasteiger partial charge in [-0.25, -0.2) is 0 Å². The van der Waals surface area contributed by atoms with Crippen molar-refractivity contribution in [3.05, 3.63) is 22.4 Å². The Hall–Kier alpha value is -0.190. The predicted octanol–water partition coefficient (Wildman–Crippen LogP) is 2.70. The second kappa shape index (κ2) is 5.94. The van der Waals surface area contributed by atoms with Gasteiger partial charge < -0.3 is 5.32 Å². The van der Waals surface area contributed by atoms with E-state index in [0.29, 0.717) is 12.1 Å². The molecule has 0 bridgehead atoms. The first kappa shape index (κ1) is 12.3. The molecular weight excluding hydrogens is 238 g/mol. The summed E-state index contributed by atoms with van der Waals surface area (Å²) in [5.74, 6) is 1.75. The highest BCUT2D eigenvalue weighted by Gasteiger charge is 2.21. The Kier molecular flexibility index (Phi) is 4.55. The third kappa shape index (κ3) is 3.15. The highest BCUT2D eigenvalue weighted by atomic mass is 32.2. The summed E-state index contributed by atoms with van der Waals surface area (Å²) in [6.45, 7) is 2.22. The lowest BCUT2D eigenvalue weighted by Crippen LogP contribution is -2.37. The Balaban J connectivity index is 1.90. The Morgan fingerprint density at radius 1 is 1.56 bits per heavy atom. The molecule has 2 heterocycles. The van der Waals surface area contributed by atoms with E-state index in [4.69, 9.17) is 0 Å². The quantitative estimate of drug-likeness (QED) is 0.898. The average Bonchev–Trinajstić information content (AvgIpc) is 2.82. The Labute approximate surface area is 104 Å². The first-order valence-corrected chi connectivity index (χ1v) is 8.30. The van der Waals surface area contributed by atoms with Gasteiger partial charge in [0.05, 0.1) is 0 Å². The molecule has 0 spiro atoms. The molecule has 1 unspecified atom stereocenters. The molecule has 1 saturated heterocycles. The summed E-state index contributed by atoms with van der Waals surface area (Å²) in [6.07, 6.45) is 3.25. The lowest BCUT2D eigenvalue weighted by molar-refractivity contribution is 0.406. The molecule has 0 amide bonds. The number of nitrogens with one attached hydrogen (secondary N) is 1. The summed E-state index contributed by atoms with van der Waals surface area (Å²) in [6, 6.07) is 5.36. The van der Waals surface area contributed by atoms with Crippen molar-refractivity contribution in [3.63, 3.8) is 0 Å². The number of hydrogen-bond acceptors (Lipinski definition) is 3. The lowest BCUT2D eigenvalue weighted by atomic mass is 10.1. The zero-order valence-corrected chi connectivity index (χ0v) is 11.3. The van der Waals surface area contributed by atoms with Gasteiger partial charge in [0.15, 0.2) is 0 Å². The van der Waals surface area contributed by atoms with Crippen molar-refractivity contribution in [2.75, 3.05) is 11.5 Å². The third-order valence-electron chi connectivity index (χ3n) is 3.12. The zero-order chi connectivity index (χ0) is 11.4. The smallest absolute Gasteiger partial charge is 0.0414 e. The highest BCUT2D eigenvalue weighted by molar-refractivity contribution is 7.85. The topological polar surface area (TPSA) is 29.1 Å². The van der Waals surface area contributed by atoms with Gasteiger partial charge in [0.25, 0.3) is 0 Å². The molecule has 1 aliphatic rings. The van der Waals surface area contributed by atoms with Gasteiger partial charge in [0, 0.05) is 39.3 Å². The minimum Gasteiger partial charge on any atom is -0.306 e. The number of hydrogen-bond donors (Lipinski definition) is 1. The fourth-order valence-electron chi connectivity index (χ4n) is 2.14. The summed E-state index contributed by atoms with van der Waals surface area (Å²) in [5, 5.41) is 5.84. The highest BCUT2D eigenvalue weighted by Crippen LogP contribution is 2.24. The summed E-state index contributed by atoms with van der Waals surface area (Å²) >= 11 is 1.82. The normalized spacial score (nSPS) is 27.8. The summed E-state index contributed by atoms with van der Waals surface area (Å²) in [4.78, 5) is 1.43. The standard InChI is InChI=1S/C12H19NOS2/c1-2-11(12-4-3-7-15-12)13-10-5-8-16(14)9-6-10/h3-4,7,10-11,13H,2,5-6,8-9H2,1H3. The number of rotatable bonds is 4. The van der Waals surface area contributed by atoms with Crippen LogP contribution in [0.2, 0.25) is 0 Å². The van der Waals surface area contributed by atoms with Gasteiger partial charge in [-0.2, -0.15) is 0 Å². The van der Waals surface area contributed by atoms with E-state index in [1.54, 1.807) is 0 Å². The molecule has 1 aliphatic heterocycles. The van der Waals surface area contributed by atoms with Crippen LogP contribution >= 0.6 is 11.3 Å². The van der Waals surface area contributed by atoms with Gasteiger partial charge in [-0.05, 0) is 30.7 Å². The van der Waals surface area contributed by atoms with Gasteiger partial charge >= 0.3 is 0 Å². The van der Waals surface area contributed by atoms with E-state index >= 15 is 0 Å². The minimum atomic E-state index is -0.552. The maximum absolute atomic E-state index is 11.3. The van der Waals surface area contributed by atoms with Crippen LogP contribution in [0.3, 0.4) is 0 Å². The second-order valence-electron chi connectivity index (χ2n) is 4.27. The minimum absolute atomic E-state index is 0.483. The molecule has 4 heteroatoms. The third-order valence-corrected chi connectivity index (χ3v) is 5.49. The maximum atomic E-state index is 11.3. The van der Waals surface area contributed by atoms with Crippen LogP contribution in [-0.2, 0) is 10.8 Å². The van der Waals surface area contributed by atoms with Crippen molar-refractivity contribution in [1.29, 1.82) is 0 Å². The van der Waals surface area contributed by atoms with E-state index in [1.165, 1.54) is 4.88 Å². The molecular formula is C12H19NOS2. The van der Waals surface area contributed by atoms with Crippen LogP contribution in [0, 0.1) is 0 Å². The monoisotopic (exact) mass is 257 g/mol. The van der Waals surface area contributed by atoms with Gasteiger partial charge in [-0.1, -0.05) is 13.0 Å². The van der Waals surface area contributed by atoms with Crippen LogP contribution in [0.1, 0.15) is 37.1 Å². The Morgan fingerprint density at radius 3 is 2.88 bits per heavy atom. The van der Waals surface area contributed by atoms with E-state index < -0.39 is 10.8 Å². The van der Waals surface area contributed by atoms with Crippen molar-refractivity contribution in [1.82, 2.24) is 5.32 Å². The first-order valence-electron chi connectivity index (χ1n) is 5.94. The van der Waals surface area contributed by atoms with E-state index in [1.807, 2.05) is 11.3 Å². The van der Waals surface area contributed by atoms with Gasteiger partial charge in [0.2, 0.25) is 0 Å². The largest absolute Gasteiger partial charge is 0.306 e. The molecule has 1 atom stereocenters. The van der Waals surface area contributed by atoms with E-state index in [-0.39, 0.29) is 0 Å². The van der Waals surface area contributed by atoms with Crippen molar-refractivity contribution in [2.45, 2.75) is 38.3 Å². The fraction of sp³-hybridized carbons (Fsp3) is 0.667. The molecule has 1 aromatic rings. The average molecular weight is 257 g/mol. The van der Waals surface area contributed by atoms with Gasteiger partial charge in [-0.15, -0.1) is 11.3 Å².